The quantitative estimate of drug-likeness (QED) is 0.902. The van der Waals surface area contributed by atoms with Gasteiger partial charge in [0.05, 0.1) is 10.7 Å². The summed E-state index contributed by atoms with van der Waals surface area (Å²) in [6, 6.07) is 5.39. The summed E-state index contributed by atoms with van der Waals surface area (Å²) in [6.07, 6.45) is 0.255. The van der Waals surface area contributed by atoms with Gasteiger partial charge in [-0.2, -0.15) is 0 Å². The highest BCUT2D eigenvalue weighted by molar-refractivity contribution is 6.33. The van der Waals surface area contributed by atoms with Crippen molar-refractivity contribution in [2.75, 3.05) is 31.5 Å². The molecule has 0 saturated carbocycles. The number of amides is 3. The zero-order chi connectivity index (χ0) is 17.7. The third kappa shape index (κ3) is 4.96. The smallest absolute Gasteiger partial charge is 0.224 e. The van der Waals surface area contributed by atoms with Crippen molar-refractivity contribution in [1.82, 2.24) is 9.80 Å². The monoisotopic (exact) mass is 351 g/mol. The van der Waals surface area contributed by atoms with E-state index in [0.29, 0.717) is 36.9 Å². The van der Waals surface area contributed by atoms with E-state index in [1.807, 2.05) is 13.0 Å². The molecule has 1 aromatic rings. The van der Waals surface area contributed by atoms with E-state index in [-0.39, 0.29) is 30.6 Å². The number of aryl methyl sites for hydroxylation is 1. The number of piperazine rings is 1. The van der Waals surface area contributed by atoms with Gasteiger partial charge in [0, 0.05) is 45.9 Å². The minimum absolute atomic E-state index is 0.0245. The van der Waals surface area contributed by atoms with E-state index in [4.69, 9.17) is 11.6 Å². The van der Waals surface area contributed by atoms with Gasteiger partial charge in [0.2, 0.25) is 17.7 Å². The Morgan fingerprint density at radius 3 is 2.29 bits per heavy atom. The van der Waals surface area contributed by atoms with Crippen LogP contribution in [0.1, 0.15) is 25.3 Å². The maximum Gasteiger partial charge on any atom is 0.224 e. The average Bonchev–Trinajstić information content (AvgIpc) is 2.55. The fourth-order valence-electron chi connectivity index (χ4n) is 2.58. The summed E-state index contributed by atoms with van der Waals surface area (Å²) in [6.45, 7) is 5.58. The highest BCUT2D eigenvalue weighted by atomic mass is 35.5. The van der Waals surface area contributed by atoms with Gasteiger partial charge in [-0.1, -0.05) is 17.7 Å². The molecule has 1 fully saturated rings. The molecule has 1 saturated heterocycles. The SMILES string of the molecule is CC(=O)N1CCN(C(=O)CCC(=O)Nc2ccc(C)cc2Cl)CC1. The number of hydrogen-bond acceptors (Lipinski definition) is 3. The summed E-state index contributed by atoms with van der Waals surface area (Å²) in [5, 5.41) is 3.20. The Kier molecular flexibility index (Phi) is 6.20. The first-order chi connectivity index (χ1) is 11.4. The molecular weight excluding hydrogens is 330 g/mol. The molecule has 0 radical (unpaired) electrons. The molecule has 0 atom stereocenters. The van der Waals surface area contributed by atoms with Crippen LogP contribution in [0.25, 0.3) is 0 Å². The van der Waals surface area contributed by atoms with E-state index in [9.17, 15) is 14.4 Å². The average molecular weight is 352 g/mol. The highest BCUT2D eigenvalue weighted by Crippen LogP contribution is 2.22. The lowest BCUT2D eigenvalue weighted by Crippen LogP contribution is -2.50. The van der Waals surface area contributed by atoms with Crippen molar-refractivity contribution in [3.05, 3.63) is 28.8 Å². The molecule has 0 unspecified atom stereocenters. The van der Waals surface area contributed by atoms with Gasteiger partial charge in [0.25, 0.3) is 0 Å². The lowest BCUT2D eigenvalue weighted by atomic mass is 10.2. The Hall–Kier alpha value is -2.08. The van der Waals surface area contributed by atoms with Crippen molar-refractivity contribution in [3.8, 4) is 0 Å². The van der Waals surface area contributed by atoms with E-state index < -0.39 is 0 Å². The second kappa shape index (κ2) is 8.15. The van der Waals surface area contributed by atoms with Crippen molar-refractivity contribution < 1.29 is 14.4 Å². The van der Waals surface area contributed by atoms with Gasteiger partial charge in [-0.3, -0.25) is 14.4 Å². The number of halogens is 1. The van der Waals surface area contributed by atoms with Crippen LogP contribution in [-0.2, 0) is 14.4 Å². The van der Waals surface area contributed by atoms with E-state index in [1.165, 1.54) is 6.92 Å². The molecule has 6 nitrogen and oxygen atoms in total. The molecule has 7 heteroatoms. The first kappa shape index (κ1) is 18.3. The van der Waals surface area contributed by atoms with Crippen LogP contribution < -0.4 is 5.32 Å². The maximum atomic E-state index is 12.2. The highest BCUT2D eigenvalue weighted by Gasteiger charge is 2.22. The van der Waals surface area contributed by atoms with E-state index in [2.05, 4.69) is 5.32 Å². The third-order valence-electron chi connectivity index (χ3n) is 4.04. The van der Waals surface area contributed by atoms with Crippen LogP contribution >= 0.6 is 11.6 Å². The third-order valence-corrected chi connectivity index (χ3v) is 4.36. The Balaban J connectivity index is 1.77. The van der Waals surface area contributed by atoms with Crippen LogP contribution in [0.15, 0.2) is 18.2 Å². The van der Waals surface area contributed by atoms with Crippen molar-refractivity contribution in [2.24, 2.45) is 0 Å². The number of nitrogens with one attached hydrogen (secondary N) is 1. The van der Waals surface area contributed by atoms with Gasteiger partial charge >= 0.3 is 0 Å². The summed E-state index contributed by atoms with van der Waals surface area (Å²) in [5.41, 5.74) is 1.56. The van der Waals surface area contributed by atoms with E-state index in [1.54, 1.807) is 21.9 Å². The van der Waals surface area contributed by atoms with E-state index in [0.717, 1.165) is 5.56 Å². The topological polar surface area (TPSA) is 69.7 Å². The Morgan fingerprint density at radius 1 is 1.08 bits per heavy atom. The lowest BCUT2D eigenvalue weighted by molar-refractivity contribution is -0.138. The molecule has 1 aliphatic rings. The normalized spacial score (nSPS) is 14.5. The molecule has 130 valence electrons. The van der Waals surface area contributed by atoms with Gasteiger partial charge in [-0.05, 0) is 24.6 Å². The maximum absolute atomic E-state index is 12.2. The number of carbonyl (C=O) groups excluding carboxylic acids is 3. The number of anilines is 1. The molecular formula is C17H22ClN3O3. The summed E-state index contributed by atoms with van der Waals surface area (Å²) in [7, 11) is 0. The summed E-state index contributed by atoms with van der Waals surface area (Å²) in [5.74, 6) is -0.281. The van der Waals surface area contributed by atoms with Crippen LogP contribution in [0, 0.1) is 6.92 Å². The van der Waals surface area contributed by atoms with Gasteiger partial charge in [-0.25, -0.2) is 0 Å². The molecule has 24 heavy (non-hydrogen) atoms. The standard InChI is InChI=1S/C17H22ClN3O3/c1-12-3-4-15(14(18)11-12)19-16(23)5-6-17(24)21-9-7-20(8-10-21)13(2)22/h3-4,11H,5-10H2,1-2H3,(H,19,23). The van der Waals surface area contributed by atoms with Gasteiger partial charge in [0.1, 0.15) is 0 Å². The van der Waals surface area contributed by atoms with Gasteiger partial charge < -0.3 is 15.1 Å². The van der Waals surface area contributed by atoms with Crippen molar-refractivity contribution >= 4 is 35.0 Å². The zero-order valence-corrected chi connectivity index (χ0v) is 14.7. The Labute approximate surface area is 146 Å². The number of carbonyl (C=O) groups is 3. The van der Waals surface area contributed by atoms with Gasteiger partial charge in [-0.15, -0.1) is 0 Å². The molecule has 1 N–H and O–H groups in total. The second-order valence-electron chi connectivity index (χ2n) is 5.92. The molecule has 1 aromatic carbocycles. The summed E-state index contributed by atoms with van der Waals surface area (Å²) >= 11 is 6.08. The van der Waals surface area contributed by atoms with Crippen LogP contribution in [0.5, 0.6) is 0 Å². The molecule has 0 spiro atoms. The van der Waals surface area contributed by atoms with Crippen LogP contribution in [-0.4, -0.2) is 53.7 Å². The van der Waals surface area contributed by atoms with Gasteiger partial charge in [0.15, 0.2) is 0 Å². The first-order valence-corrected chi connectivity index (χ1v) is 8.34. The number of nitrogens with zero attached hydrogens (tertiary/aromatic N) is 2. The molecule has 1 aliphatic heterocycles. The number of hydrogen-bond donors (Lipinski definition) is 1. The molecule has 2 rings (SSSR count). The van der Waals surface area contributed by atoms with Crippen molar-refractivity contribution in [2.45, 2.75) is 26.7 Å². The minimum Gasteiger partial charge on any atom is -0.339 e. The van der Waals surface area contributed by atoms with Crippen molar-refractivity contribution in [3.63, 3.8) is 0 Å². The predicted octanol–water partition coefficient (Wildman–Crippen LogP) is 2.06. The second-order valence-corrected chi connectivity index (χ2v) is 6.33. The Bertz CT molecular complexity index is 640. The molecule has 1 heterocycles. The molecule has 0 aromatic heterocycles. The first-order valence-electron chi connectivity index (χ1n) is 7.96. The van der Waals surface area contributed by atoms with Crippen molar-refractivity contribution in [1.29, 1.82) is 0 Å². The Morgan fingerprint density at radius 2 is 1.71 bits per heavy atom. The van der Waals surface area contributed by atoms with E-state index >= 15 is 0 Å². The van der Waals surface area contributed by atoms with Crippen LogP contribution in [0.2, 0.25) is 5.02 Å². The molecule has 0 aliphatic carbocycles. The lowest BCUT2D eigenvalue weighted by Gasteiger charge is -2.34. The largest absolute Gasteiger partial charge is 0.339 e. The van der Waals surface area contributed by atoms with Crippen LogP contribution in [0.3, 0.4) is 0 Å². The zero-order valence-electron chi connectivity index (χ0n) is 14.0. The fraction of sp³-hybridized carbons (Fsp3) is 0.471. The molecule has 0 bridgehead atoms. The number of rotatable bonds is 4. The van der Waals surface area contributed by atoms with Crippen LogP contribution in [0.4, 0.5) is 5.69 Å². The summed E-state index contributed by atoms with van der Waals surface area (Å²) in [4.78, 5) is 38.8. The predicted molar refractivity (Wildman–Crippen MR) is 92.9 cm³/mol. The summed E-state index contributed by atoms with van der Waals surface area (Å²) < 4.78 is 0. The minimum atomic E-state index is -0.239. The fourth-order valence-corrected chi connectivity index (χ4v) is 2.87. The number of benzene rings is 1. The molecule has 3 amide bonds.